The number of carbonyl (C=O) groups is 1. The number of hydroxylamine groups is 2. The van der Waals surface area contributed by atoms with Crippen molar-refractivity contribution in [2.75, 3.05) is 11.5 Å². The first-order valence-electron chi connectivity index (χ1n) is 3.51. The molecule has 64 valence electrons. The van der Waals surface area contributed by atoms with Crippen LogP contribution < -0.4 is 0 Å². The summed E-state index contributed by atoms with van der Waals surface area (Å²) in [5.74, 6) is 0.0687. The predicted octanol–water partition coefficient (Wildman–Crippen LogP) is 1.22. The fourth-order valence-electron chi connectivity index (χ4n) is 1.14. The zero-order valence-electron chi connectivity index (χ0n) is 6.93. The number of carbonyl (C=O) groups excluding carboxylic acids is 1. The van der Waals surface area contributed by atoms with Crippen molar-refractivity contribution in [2.24, 2.45) is 5.41 Å². The van der Waals surface area contributed by atoms with Crippen LogP contribution >= 0.6 is 22.6 Å². The van der Waals surface area contributed by atoms with E-state index in [1.807, 2.05) is 13.8 Å². The number of amides is 1. The maximum absolute atomic E-state index is 11.4. The van der Waals surface area contributed by atoms with Gasteiger partial charge in [0.05, 0.1) is 5.41 Å². The van der Waals surface area contributed by atoms with Crippen LogP contribution in [0.5, 0.6) is 0 Å². The summed E-state index contributed by atoms with van der Waals surface area (Å²) in [7, 11) is 1.66. The van der Waals surface area contributed by atoms with Gasteiger partial charge in [-0.25, -0.2) is 5.06 Å². The van der Waals surface area contributed by atoms with Crippen LogP contribution in [0, 0.1) is 5.41 Å². The second-order valence-corrected chi connectivity index (χ2v) is 4.15. The molecule has 1 rings (SSSR count). The lowest BCUT2D eigenvalue weighted by molar-refractivity contribution is -0.161. The number of nitrogens with zero attached hydrogens (tertiary/aromatic N) is 1. The fraction of sp³-hybridized carbons (Fsp3) is 0.857. The molecule has 0 saturated carbocycles. The average Bonchev–Trinajstić information content (AvgIpc) is 2.13. The van der Waals surface area contributed by atoms with Gasteiger partial charge >= 0.3 is 0 Å². The summed E-state index contributed by atoms with van der Waals surface area (Å²) in [6.45, 7) is 3.84. The molecule has 1 atom stereocenters. The summed E-state index contributed by atoms with van der Waals surface area (Å²) in [6.07, 6.45) is 0.0283. The van der Waals surface area contributed by atoms with Gasteiger partial charge in [0, 0.05) is 11.5 Å². The Morgan fingerprint density at radius 3 is 2.45 bits per heavy atom. The normalized spacial score (nSPS) is 29.6. The fourth-order valence-corrected chi connectivity index (χ4v) is 2.40. The van der Waals surface area contributed by atoms with E-state index in [0.717, 1.165) is 4.43 Å². The van der Waals surface area contributed by atoms with Crippen LogP contribution in [0.25, 0.3) is 0 Å². The second kappa shape index (κ2) is 2.90. The van der Waals surface area contributed by atoms with E-state index in [0.29, 0.717) is 0 Å². The van der Waals surface area contributed by atoms with Crippen molar-refractivity contribution in [3.63, 3.8) is 0 Å². The third-order valence-electron chi connectivity index (χ3n) is 2.07. The molecule has 0 aromatic rings. The summed E-state index contributed by atoms with van der Waals surface area (Å²) in [5.41, 5.74) is -0.351. The minimum atomic E-state index is -0.351. The van der Waals surface area contributed by atoms with Gasteiger partial charge in [-0.3, -0.25) is 9.63 Å². The summed E-state index contributed by atoms with van der Waals surface area (Å²) < 4.78 is 0.848. The van der Waals surface area contributed by atoms with Gasteiger partial charge in [-0.15, -0.1) is 0 Å². The van der Waals surface area contributed by atoms with Crippen LogP contribution in [-0.2, 0) is 9.63 Å². The molecule has 0 aromatic carbocycles. The van der Waals surface area contributed by atoms with Crippen molar-refractivity contribution in [1.82, 2.24) is 5.06 Å². The zero-order valence-corrected chi connectivity index (χ0v) is 9.08. The highest BCUT2D eigenvalue weighted by atomic mass is 127. The maximum Gasteiger partial charge on any atom is 0.254 e. The van der Waals surface area contributed by atoms with E-state index in [1.165, 1.54) is 5.06 Å². The van der Waals surface area contributed by atoms with Crippen molar-refractivity contribution in [3.8, 4) is 0 Å². The Balaban J connectivity index is 2.82. The van der Waals surface area contributed by atoms with E-state index in [2.05, 4.69) is 22.6 Å². The number of hydrogen-bond acceptors (Lipinski definition) is 2. The van der Waals surface area contributed by atoms with Crippen molar-refractivity contribution >= 4 is 28.5 Å². The summed E-state index contributed by atoms with van der Waals surface area (Å²) in [5, 5.41) is 1.34. The largest absolute Gasteiger partial charge is 0.272 e. The van der Waals surface area contributed by atoms with E-state index in [1.54, 1.807) is 7.05 Å². The lowest BCUT2D eigenvalue weighted by Gasteiger charge is -2.17. The highest BCUT2D eigenvalue weighted by Crippen LogP contribution is 2.33. The Kier molecular flexibility index (Phi) is 2.43. The molecular weight excluding hydrogens is 257 g/mol. The van der Waals surface area contributed by atoms with E-state index in [4.69, 9.17) is 4.84 Å². The van der Waals surface area contributed by atoms with E-state index < -0.39 is 0 Å². The van der Waals surface area contributed by atoms with Crippen LogP contribution in [-0.4, -0.2) is 28.5 Å². The SMILES string of the molecule is CN1OC(CI)C(C)(C)C1=O. The molecular formula is C7H12INO2. The maximum atomic E-state index is 11.4. The van der Waals surface area contributed by atoms with Crippen LogP contribution in [0.15, 0.2) is 0 Å². The Morgan fingerprint density at radius 1 is 1.73 bits per heavy atom. The summed E-state index contributed by atoms with van der Waals surface area (Å²) in [6, 6.07) is 0. The molecule has 1 heterocycles. The van der Waals surface area contributed by atoms with Gasteiger partial charge in [0.2, 0.25) is 0 Å². The van der Waals surface area contributed by atoms with E-state index in [-0.39, 0.29) is 17.4 Å². The standard InChI is InChI=1S/C7H12INO2/c1-7(2)5(4-8)11-9(3)6(7)10/h5H,4H2,1-3H3. The Hall–Kier alpha value is 0.160. The number of halogens is 1. The molecule has 1 amide bonds. The van der Waals surface area contributed by atoms with Crippen LogP contribution in [0.1, 0.15) is 13.8 Å². The minimum Gasteiger partial charge on any atom is -0.272 e. The molecule has 0 spiro atoms. The molecule has 0 bridgehead atoms. The van der Waals surface area contributed by atoms with Gasteiger partial charge in [-0.05, 0) is 13.8 Å². The summed E-state index contributed by atoms with van der Waals surface area (Å²) in [4.78, 5) is 16.7. The second-order valence-electron chi connectivity index (χ2n) is 3.27. The third-order valence-corrected chi connectivity index (χ3v) is 2.87. The van der Waals surface area contributed by atoms with E-state index >= 15 is 0 Å². The zero-order chi connectivity index (χ0) is 8.65. The first-order valence-corrected chi connectivity index (χ1v) is 5.03. The molecule has 1 fully saturated rings. The number of hydrogen-bond donors (Lipinski definition) is 0. The molecule has 0 radical (unpaired) electrons. The lowest BCUT2D eigenvalue weighted by Crippen LogP contribution is -2.32. The van der Waals surface area contributed by atoms with Gasteiger partial charge in [-0.2, -0.15) is 0 Å². The smallest absolute Gasteiger partial charge is 0.254 e. The Morgan fingerprint density at radius 2 is 2.27 bits per heavy atom. The highest BCUT2D eigenvalue weighted by molar-refractivity contribution is 14.1. The predicted molar refractivity (Wildman–Crippen MR) is 50.3 cm³/mol. The van der Waals surface area contributed by atoms with Gasteiger partial charge < -0.3 is 0 Å². The third kappa shape index (κ3) is 1.38. The van der Waals surface area contributed by atoms with Gasteiger partial charge in [-0.1, -0.05) is 22.6 Å². The highest BCUT2D eigenvalue weighted by Gasteiger charge is 2.46. The van der Waals surface area contributed by atoms with Crippen LogP contribution in [0.3, 0.4) is 0 Å². The molecule has 0 N–H and O–H groups in total. The average molecular weight is 269 g/mol. The first kappa shape index (κ1) is 9.25. The Labute approximate surface area is 80.2 Å². The molecule has 1 aliphatic rings. The summed E-state index contributed by atoms with van der Waals surface area (Å²) >= 11 is 2.23. The molecule has 1 unspecified atom stereocenters. The van der Waals surface area contributed by atoms with Crippen LogP contribution in [0.4, 0.5) is 0 Å². The van der Waals surface area contributed by atoms with Crippen molar-refractivity contribution < 1.29 is 9.63 Å². The number of rotatable bonds is 1. The number of alkyl halides is 1. The van der Waals surface area contributed by atoms with Gasteiger partial charge in [0.15, 0.2) is 0 Å². The molecule has 11 heavy (non-hydrogen) atoms. The molecule has 1 saturated heterocycles. The molecule has 0 aliphatic carbocycles. The Bertz CT molecular complexity index is 181. The molecule has 0 aromatic heterocycles. The topological polar surface area (TPSA) is 29.5 Å². The van der Waals surface area contributed by atoms with Gasteiger partial charge in [0.1, 0.15) is 6.10 Å². The monoisotopic (exact) mass is 269 g/mol. The van der Waals surface area contributed by atoms with Crippen molar-refractivity contribution in [3.05, 3.63) is 0 Å². The molecule has 1 aliphatic heterocycles. The first-order chi connectivity index (χ1) is 5.00. The lowest BCUT2D eigenvalue weighted by atomic mass is 9.88. The van der Waals surface area contributed by atoms with Crippen molar-refractivity contribution in [1.29, 1.82) is 0 Å². The molecule has 4 heteroatoms. The van der Waals surface area contributed by atoms with Gasteiger partial charge in [0.25, 0.3) is 5.91 Å². The quantitative estimate of drug-likeness (QED) is 0.529. The minimum absolute atomic E-state index is 0.0283. The van der Waals surface area contributed by atoms with Crippen molar-refractivity contribution in [2.45, 2.75) is 20.0 Å². The molecule has 3 nitrogen and oxygen atoms in total. The van der Waals surface area contributed by atoms with Crippen LogP contribution in [0.2, 0.25) is 0 Å². The van der Waals surface area contributed by atoms with E-state index in [9.17, 15) is 4.79 Å².